The summed E-state index contributed by atoms with van der Waals surface area (Å²) in [6, 6.07) is 6.33. The number of anilines is 2. The summed E-state index contributed by atoms with van der Waals surface area (Å²) in [6.07, 6.45) is 2.70. The molecule has 2 aromatic heterocycles. The average molecular weight is 233 g/mol. The number of pyridine rings is 1. The molecule has 2 rings (SSSR count). The minimum atomic E-state index is 0.348. The molecule has 0 aromatic carbocycles. The summed E-state index contributed by atoms with van der Waals surface area (Å²) < 4.78 is 0. The van der Waals surface area contributed by atoms with E-state index in [2.05, 4.69) is 34.1 Å². The molecule has 0 spiro atoms. The van der Waals surface area contributed by atoms with E-state index >= 15 is 0 Å². The van der Waals surface area contributed by atoms with Gasteiger partial charge < -0.3 is 11.1 Å². The largest absolute Gasteiger partial charge is 0.382 e. The molecule has 1 unspecified atom stereocenters. The summed E-state index contributed by atoms with van der Waals surface area (Å²) in [4.78, 5) is 4.05. The number of nitrogens with two attached hydrogens (primary N) is 1. The van der Waals surface area contributed by atoms with Crippen LogP contribution in [0.25, 0.3) is 0 Å². The van der Waals surface area contributed by atoms with E-state index in [1.54, 1.807) is 17.5 Å². The minimum absolute atomic E-state index is 0.348. The summed E-state index contributed by atoms with van der Waals surface area (Å²) in [5.41, 5.74) is 8.03. The smallest absolute Gasteiger partial charge is 0.146 e. The molecule has 0 saturated heterocycles. The van der Waals surface area contributed by atoms with E-state index in [1.807, 2.05) is 12.1 Å². The van der Waals surface area contributed by atoms with E-state index in [1.165, 1.54) is 5.56 Å². The fourth-order valence-electron chi connectivity index (χ4n) is 1.62. The summed E-state index contributed by atoms with van der Waals surface area (Å²) in [7, 11) is 0. The number of rotatable bonds is 4. The molecule has 84 valence electrons. The van der Waals surface area contributed by atoms with Gasteiger partial charge in [0.25, 0.3) is 0 Å². The maximum absolute atomic E-state index is 5.77. The fraction of sp³-hybridized carbons (Fsp3) is 0.250. The number of hydrogen-bond acceptors (Lipinski definition) is 4. The Morgan fingerprint density at radius 1 is 1.50 bits per heavy atom. The van der Waals surface area contributed by atoms with Gasteiger partial charge in [-0.1, -0.05) is 0 Å². The first-order valence-corrected chi connectivity index (χ1v) is 6.18. The highest BCUT2D eigenvalue weighted by Crippen LogP contribution is 2.17. The third kappa shape index (κ3) is 2.73. The Morgan fingerprint density at radius 2 is 2.38 bits per heavy atom. The second kappa shape index (κ2) is 4.99. The zero-order valence-corrected chi connectivity index (χ0v) is 10.00. The van der Waals surface area contributed by atoms with Crippen LogP contribution >= 0.6 is 11.3 Å². The van der Waals surface area contributed by atoms with Crippen LogP contribution in [0.1, 0.15) is 12.5 Å². The van der Waals surface area contributed by atoms with E-state index in [0.717, 1.165) is 12.1 Å². The standard InChI is InChI=1S/C12H15N3S/c1-9(7-10-4-6-16-8-10)15-11-3-2-5-14-12(11)13/h2-6,8-9,15H,7H2,1H3,(H2,13,14). The monoisotopic (exact) mass is 233 g/mol. The van der Waals surface area contributed by atoms with Crippen LogP contribution in [-0.2, 0) is 6.42 Å². The number of nitrogens with zero attached hydrogens (tertiary/aromatic N) is 1. The van der Waals surface area contributed by atoms with Crippen LogP contribution < -0.4 is 11.1 Å². The molecule has 1 atom stereocenters. The topological polar surface area (TPSA) is 50.9 Å². The van der Waals surface area contributed by atoms with Gasteiger partial charge in [0, 0.05) is 12.2 Å². The van der Waals surface area contributed by atoms with Crippen molar-refractivity contribution in [1.82, 2.24) is 4.98 Å². The lowest BCUT2D eigenvalue weighted by atomic mass is 10.1. The third-order valence-corrected chi connectivity index (χ3v) is 3.09. The first-order valence-electron chi connectivity index (χ1n) is 5.24. The molecule has 3 nitrogen and oxygen atoms in total. The average Bonchev–Trinajstić information content (AvgIpc) is 2.74. The highest BCUT2D eigenvalue weighted by atomic mass is 32.1. The number of hydrogen-bond donors (Lipinski definition) is 2. The highest BCUT2D eigenvalue weighted by molar-refractivity contribution is 7.07. The summed E-state index contributed by atoms with van der Waals surface area (Å²) in [6.45, 7) is 2.14. The van der Waals surface area contributed by atoms with E-state index in [4.69, 9.17) is 5.73 Å². The van der Waals surface area contributed by atoms with Crippen molar-refractivity contribution in [2.24, 2.45) is 0 Å². The second-order valence-corrected chi connectivity index (χ2v) is 4.60. The molecule has 0 fully saturated rings. The highest BCUT2D eigenvalue weighted by Gasteiger charge is 2.06. The van der Waals surface area contributed by atoms with Crippen LogP contribution in [0.5, 0.6) is 0 Å². The maximum atomic E-state index is 5.77. The van der Waals surface area contributed by atoms with Crippen molar-refractivity contribution in [3.63, 3.8) is 0 Å². The van der Waals surface area contributed by atoms with Crippen molar-refractivity contribution in [2.45, 2.75) is 19.4 Å². The number of aromatic nitrogens is 1. The van der Waals surface area contributed by atoms with Gasteiger partial charge >= 0.3 is 0 Å². The molecule has 0 radical (unpaired) electrons. The lowest BCUT2D eigenvalue weighted by Gasteiger charge is -2.15. The molecule has 0 amide bonds. The number of nitrogens with one attached hydrogen (secondary N) is 1. The van der Waals surface area contributed by atoms with Crippen LogP contribution in [0.3, 0.4) is 0 Å². The summed E-state index contributed by atoms with van der Waals surface area (Å²) in [5, 5.41) is 7.63. The fourth-order valence-corrected chi connectivity index (χ4v) is 2.30. The van der Waals surface area contributed by atoms with Crippen molar-refractivity contribution < 1.29 is 0 Å². The van der Waals surface area contributed by atoms with Crippen LogP contribution in [0.2, 0.25) is 0 Å². The first kappa shape index (κ1) is 11.0. The first-order chi connectivity index (χ1) is 7.75. The van der Waals surface area contributed by atoms with Crippen LogP contribution in [0.15, 0.2) is 35.2 Å². The molecule has 0 saturated carbocycles. The molecule has 2 aromatic rings. The van der Waals surface area contributed by atoms with Crippen LogP contribution in [0.4, 0.5) is 11.5 Å². The zero-order valence-electron chi connectivity index (χ0n) is 9.18. The van der Waals surface area contributed by atoms with E-state index in [9.17, 15) is 0 Å². The van der Waals surface area contributed by atoms with Gasteiger partial charge in [0.05, 0.1) is 5.69 Å². The van der Waals surface area contributed by atoms with Crippen molar-refractivity contribution >= 4 is 22.8 Å². The molecule has 0 aliphatic rings. The van der Waals surface area contributed by atoms with Gasteiger partial charge in [-0.15, -0.1) is 0 Å². The third-order valence-electron chi connectivity index (χ3n) is 2.36. The number of nitrogen functional groups attached to an aromatic ring is 1. The van der Waals surface area contributed by atoms with Gasteiger partial charge in [-0.05, 0) is 47.9 Å². The van der Waals surface area contributed by atoms with Gasteiger partial charge in [-0.2, -0.15) is 11.3 Å². The lowest BCUT2D eigenvalue weighted by molar-refractivity contribution is 0.792. The van der Waals surface area contributed by atoms with Gasteiger partial charge in [0.15, 0.2) is 0 Å². The van der Waals surface area contributed by atoms with E-state index in [-0.39, 0.29) is 0 Å². The van der Waals surface area contributed by atoms with Gasteiger partial charge in [-0.25, -0.2) is 4.98 Å². The Labute approximate surface area is 99.3 Å². The Hall–Kier alpha value is -1.55. The lowest BCUT2D eigenvalue weighted by Crippen LogP contribution is -2.18. The Kier molecular flexibility index (Phi) is 3.41. The Morgan fingerprint density at radius 3 is 3.06 bits per heavy atom. The van der Waals surface area contributed by atoms with Crippen molar-refractivity contribution in [1.29, 1.82) is 0 Å². The number of thiophene rings is 1. The molecule has 0 bridgehead atoms. The Bertz CT molecular complexity index is 439. The second-order valence-electron chi connectivity index (χ2n) is 3.82. The summed E-state index contributed by atoms with van der Waals surface area (Å²) in [5.74, 6) is 0.555. The van der Waals surface area contributed by atoms with Gasteiger partial charge in [0.2, 0.25) is 0 Å². The van der Waals surface area contributed by atoms with Crippen molar-refractivity contribution in [3.05, 3.63) is 40.7 Å². The Balaban J connectivity index is 1.97. The molecule has 2 heterocycles. The van der Waals surface area contributed by atoms with Crippen LogP contribution in [-0.4, -0.2) is 11.0 Å². The van der Waals surface area contributed by atoms with Crippen molar-refractivity contribution in [3.8, 4) is 0 Å². The van der Waals surface area contributed by atoms with Gasteiger partial charge in [0.1, 0.15) is 5.82 Å². The quantitative estimate of drug-likeness (QED) is 0.853. The molecule has 0 aliphatic carbocycles. The SMILES string of the molecule is CC(Cc1ccsc1)Nc1cccnc1N. The van der Waals surface area contributed by atoms with E-state index < -0.39 is 0 Å². The molecule has 16 heavy (non-hydrogen) atoms. The van der Waals surface area contributed by atoms with E-state index in [0.29, 0.717) is 11.9 Å². The predicted molar refractivity (Wildman–Crippen MR) is 69.8 cm³/mol. The molecule has 4 heteroatoms. The minimum Gasteiger partial charge on any atom is -0.382 e. The maximum Gasteiger partial charge on any atom is 0.146 e. The predicted octanol–water partition coefficient (Wildman–Crippen LogP) is 2.77. The molecule has 0 aliphatic heterocycles. The van der Waals surface area contributed by atoms with Crippen molar-refractivity contribution in [2.75, 3.05) is 11.1 Å². The van der Waals surface area contributed by atoms with Crippen LogP contribution in [0, 0.1) is 0 Å². The zero-order chi connectivity index (χ0) is 11.4. The molecular weight excluding hydrogens is 218 g/mol. The normalized spacial score (nSPS) is 12.3. The summed E-state index contributed by atoms with van der Waals surface area (Å²) >= 11 is 1.73. The van der Waals surface area contributed by atoms with Gasteiger partial charge in [-0.3, -0.25) is 0 Å². The molecular formula is C12H15N3S. The molecule has 3 N–H and O–H groups in total.